The fourth-order valence-electron chi connectivity index (χ4n) is 2.67. The fraction of sp³-hybridized carbons (Fsp3) is 0.556. The van der Waals surface area contributed by atoms with E-state index in [1.165, 1.54) is 6.92 Å². The fourth-order valence-corrected chi connectivity index (χ4v) is 2.67. The molecule has 1 aliphatic heterocycles. The van der Waals surface area contributed by atoms with Crippen LogP contribution in [-0.4, -0.2) is 42.5 Å². The molecule has 6 heteroatoms. The van der Waals surface area contributed by atoms with Gasteiger partial charge in [-0.15, -0.1) is 0 Å². The van der Waals surface area contributed by atoms with Gasteiger partial charge in [-0.05, 0) is 32.8 Å². The van der Waals surface area contributed by atoms with Gasteiger partial charge in [0.25, 0.3) is 0 Å². The molecule has 0 radical (unpaired) electrons. The molecule has 24 heavy (non-hydrogen) atoms. The normalized spacial score (nSPS) is 23.6. The van der Waals surface area contributed by atoms with E-state index in [0.717, 1.165) is 5.56 Å². The molecule has 1 heterocycles. The van der Waals surface area contributed by atoms with Crippen LogP contribution in [0.4, 0.5) is 4.79 Å². The zero-order chi connectivity index (χ0) is 17.7. The number of nitrogens with one attached hydrogen (secondary N) is 1. The quantitative estimate of drug-likeness (QED) is 0.852. The number of hydrogen-bond donors (Lipinski definition) is 1. The first kappa shape index (κ1) is 18.3. The minimum absolute atomic E-state index is 0.122. The third kappa shape index (κ3) is 5.53. The van der Waals surface area contributed by atoms with E-state index >= 15 is 0 Å². The molecule has 1 aliphatic rings. The van der Waals surface area contributed by atoms with Gasteiger partial charge in [0.2, 0.25) is 0 Å². The van der Waals surface area contributed by atoms with Gasteiger partial charge >= 0.3 is 12.1 Å². The molecule has 0 spiro atoms. The van der Waals surface area contributed by atoms with Crippen molar-refractivity contribution < 1.29 is 23.8 Å². The predicted molar refractivity (Wildman–Crippen MR) is 88.6 cm³/mol. The van der Waals surface area contributed by atoms with Gasteiger partial charge in [-0.1, -0.05) is 30.3 Å². The van der Waals surface area contributed by atoms with Crippen molar-refractivity contribution in [2.24, 2.45) is 0 Å². The van der Waals surface area contributed by atoms with Crippen LogP contribution in [0.25, 0.3) is 0 Å². The summed E-state index contributed by atoms with van der Waals surface area (Å²) in [4.78, 5) is 23.3. The smallest absolute Gasteiger partial charge is 0.457 e. The lowest BCUT2D eigenvalue weighted by Crippen LogP contribution is -2.40. The number of benzene rings is 1. The molecule has 0 aromatic heterocycles. The maximum Gasteiger partial charge on any atom is 0.509 e. The molecule has 1 aromatic rings. The second kappa shape index (κ2) is 7.66. The van der Waals surface area contributed by atoms with E-state index in [1.54, 1.807) is 20.8 Å². The Morgan fingerprint density at radius 1 is 1.17 bits per heavy atom. The van der Waals surface area contributed by atoms with Crippen LogP contribution in [0.5, 0.6) is 0 Å². The molecule has 1 saturated heterocycles. The molecular formula is C18H25NO5. The molecule has 132 valence electrons. The highest BCUT2D eigenvalue weighted by molar-refractivity contribution is 5.66. The number of carbonyl (C=O) groups is 2. The van der Waals surface area contributed by atoms with E-state index in [0.29, 0.717) is 13.0 Å². The Morgan fingerprint density at radius 3 is 2.42 bits per heavy atom. The third-order valence-corrected chi connectivity index (χ3v) is 3.58. The van der Waals surface area contributed by atoms with Gasteiger partial charge in [-0.2, -0.15) is 0 Å². The van der Waals surface area contributed by atoms with Crippen molar-refractivity contribution in [3.05, 3.63) is 35.9 Å². The summed E-state index contributed by atoms with van der Waals surface area (Å²) in [5.74, 6) is -0.403. The molecule has 0 aliphatic carbocycles. The van der Waals surface area contributed by atoms with Crippen LogP contribution in [0.3, 0.4) is 0 Å². The number of ether oxygens (including phenoxy) is 3. The molecule has 0 amide bonds. The summed E-state index contributed by atoms with van der Waals surface area (Å²) < 4.78 is 16.0. The monoisotopic (exact) mass is 335 g/mol. The summed E-state index contributed by atoms with van der Waals surface area (Å²) in [7, 11) is 0. The van der Waals surface area contributed by atoms with Crippen molar-refractivity contribution in [3.8, 4) is 0 Å². The topological polar surface area (TPSA) is 73.9 Å². The average Bonchev–Trinajstić information content (AvgIpc) is 2.80. The van der Waals surface area contributed by atoms with Crippen LogP contribution in [0.1, 0.15) is 33.3 Å². The zero-order valence-corrected chi connectivity index (χ0v) is 14.6. The average molecular weight is 335 g/mol. The van der Waals surface area contributed by atoms with Gasteiger partial charge in [0, 0.05) is 13.5 Å². The molecular weight excluding hydrogens is 310 g/mol. The second-order valence-electron chi connectivity index (χ2n) is 6.90. The molecule has 0 saturated carbocycles. The van der Waals surface area contributed by atoms with Gasteiger partial charge in [0.05, 0.1) is 6.04 Å². The lowest BCUT2D eigenvalue weighted by atomic mass is 10.0. The van der Waals surface area contributed by atoms with Gasteiger partial charge in [0.1, 0.15) is 5.60 Å². The summed E-state index contributed by atoms with van der Waals surface area (Å²) in [6.45, 7) is 7.06. The van der Waals surface area contributed by atoms with Crippen molar-refractivity contribution in [2.75, 3.05) is 6.54 Å². The number of rotatable bonds is 4. The zero-order valence-electron chi connectivity index (χ0n) is 14.6. The van der Waals surface area contributed by atoms with Crippen molar-refractivity contribution in [1.29, 1.82) is 0 Å². The minimum atomic E-state index is -0.758. The maximum absolute atomic E-state index is 11.9. The maximum atomic E-state index is 11.9. The molecule has 1 aromatic carbocycles. The van der Waals surface area contributed by atoms with E-state index in [9.17, 15) is 9.59 Å². The minimum Gasteiger partial charge on any atom is -0.457 e. The van der Waals surface area contributed by atoms with Crippen LogP contribution in [0, 0.1) is 0 Å². The van der Waals surface area contributed by atoms with Gasteiger partial charge in [-0.3, -0.25) is 4.79 Å². The number of hydrogen-bond acceptors (Lipinski definition) is 6. The molecule has 3 atom stereocenters. The largest absolute Gasteiger partial charge is 0.509 e. The predicted octanol–water partition coefficient (Wildman–Crippen LogP) is 2.45. The van der Waals surface area contributed by atoms with Crippen LogP contribution in [-0.2, 0) is 25.4 Å². The third-order valence-electron chi connectivity index (χ3n) is 3.58. The highest BCUT2D eigenvalue weighted by Crippen LogP contribution is 2.21. The van der Waals surface area contributed by atoms with E-state index in [1.807, 2.05) is 30.3 Å². The van der Waals surface area contributed by atoms with Crippen molar-refractivity contribution in [1.82, 2.24) is 5.32 Å². The molecule has 0 unspecified atom stereocenters. The lowest BCUT2D eigenvalue weighted by Gasteiger charge is -2.25. The second-order valence-corrected chi connectivity index (χ2v) is 6.90. The van der Waals surface area contributed by atoms with Crippen LogP contribution in [0.15, 0.2) is 30.3 Å². The molecule has 1 N–H and O–H groups in total. The van der Waals surface area contributed by atoms with Crippen LogP contribution >= 0.6 is 0 Å². The van der Waals surface area contributed by atoms with Gasteiger partial charge in [-0.25, -0.2) is 4.79 Å². The van der Waals surface area contributed by atoms with E-state index in [4.69, 9.17) is 14.2 Å². The van der Waals surface area contributed by atoms with Crippen molar-refractivity contribution >= 4 is 12.1 Å². The Hall–Kier alpha value is -2.08. The Balaban J connectivity index is 2.03. The van der Waals surface area contributed by atoms with Crippen molar-refractivity contribution in [3.63, 3.8) is 0 Å². The Bertz CT molecular complexity index is 567. The molecule has 0 bridgehead atoms. The Labute approximate surface area is 142 Å². The van der Waals surface area contributed by atoms with Crippen LogP contribution < -0.4 is 5.32 Å². The summed E-state index contributed by atoms with van der Waals surface area (Å²) in [5, 5.41) is 3.27. The Kier molecular flexibility index (Phi) is 5.83. The first-order valence-corrected chi connectivity index (χ1v) is 8.09. The number of carbonyl (C=O) groups excluding carboxylic acids is 2. The van der Waals surface area contributed by atoms with Crippen LogP contribution in [0.2, 0.25) is 0 Å². The summed E-state index contributed by atoms with van der Waals surface area (Å²) >= 11 is 0. The van der Waals surface area contributed by atoms with Gasteiger partial charge < -0.3 is 19.5 Å². The standard InChI is InChI=1S/C18H25NO5/c1-12(20)22-16-14(10-13-8-6-5-7-9-13)19-11-15(16)23-17(21)24-18(2,3)4/h5-9,14-16,19H,10-11H2,1-4H3/t14-,15+,16+/m1/s1. The molecule has 1 fully saturated rings. The Morgan fingerprint density at radius 2 is 1.83 bits per heavy atom. The first-order valence-electron chi connectivity index (χ1n) is 8.09. The summed E-state index contributed by atoms with van der Waals surface area (Å²) in [6.07, 6.45) is -1.20. The lowest BCUT2D eigenvalue weighted by molar-refractivity contribution is -0.152. The van der Waals surface area contributed by atoms with Crippen molar-refractivity contribution in [2.45, 2.75) is 58.0 Å². The molecule has 6 nitrogen and oxygen atoms in total. The summed E-state index contributed by atoms with van der Waals surface area (Å²) in [5.41, 5.74) is 0.480. The van der Waals surface area contributed by atoms with E-state index in [-0.39, 0.29) is 6.04 Å². The van der Waals surface area contributed by atoms with E-state index in [2.05, 4.69) is 5.32 Å². The first-order chi connectivity index (χ1) is 11.2. The molecule has 2 rings (SSSR count). The highest BCUT2D eigenvalue weighted by atomic mass is 16.7. The number of esters is 1. The van der Waals surface area contributed by atoms with Gasteiger partial charge in [0.15, 0.2) is 12.2 Å². The summed E-state index contributed by atoms with van der Waals surface area (Å²) in [6, 6.07) is 9.76. The highest BCUT2D eigenvalue weighted by Gasteiger charge is 2.41. The van der Waals surface area contributed by atoms with E-state index < -0.39 is 29.9 Å². The SMILES string of the molecule is CC(=O)O[C@@H]1[C@@H](OC(=O)OC(C)(C)C)CN[C@@H]1Cc1ccccc1.